The van der Waals surface area contributed by atoms with E-state index in [1.165, 1.54) is 0 Å². The van der Waals surface area contributed by atoms with Gasteiger partial charge in [-0.1, -0.05) is 6.07 Å². The van der Waals surface area contributed by atoms with Gasteiger partial charge in [-0.3, -0.25) is 4.79 Å². The Morgan fingerprint density at radius 1 is 1.30 bits per heavy atom. The number of hydrogen-bond acceptors (Lipinski definition) is 5. The molecule has 1 spiro atoms. The van der Waals surface area contributed by atoms with Crippen molar-refractivity contribution in [3.63, 3.8) is 0 Å². The van der Waals surface area contributed by atoms with E-state index in [2.05, 4.69) is 4.98 Å². The highest BCUT2D eigenvalue weighted by molar-refractivity contribution is 5.80. The third-order valence-electron chi connectivity index (χ3n) is 4.92. The lowest BCUT2D eigenvalue weighted by molar-refractivity contribution is -0.195. The van der Waals surface area contributed by atoms with Crippen molar-refractivity contribution in [2.24, 2.45) is 5.92 Å². The highest BCUT2D eigenvalue weighted by Gasteiger charge is 2.51. The van der Waals surface area contributed by atoms with Crippen LogP contribution in [0.15, 0.2) is 24.4 Å². The summed E-state index contributed by atoms with van der Waals surface area (Å²) in [6.45, 7) is 3.28. The Morgan fingerprint density at radius 3 is 2.96 bits per heavy atom. The van der Waals surface area contributed by atoms with E-state index >= 15 is 0 Å². The van der Waals surface area contributed by atoms with Gasteiger partial charge in [0.2, 0.25) is 11.8 Å². The van der Waals surface area contributed by atoms with Crippen LogP contribution >= 0.6 is 0 Å². The zero-order valence-electron chi connectivity index (χ0n) is 13.1. The smallest absolute Gasteiger partial charge is 0.228 e. The molecule has 6 heteroatoms. The van der Waals surface area contributed by atoms with E-state index < -0.39 is 0 Å². The minimum atomic E-state index is -0.229. The summed E-state index contributed by atoms with van der Waals surface area (Å²) in [5.41, 5.74) is -0.229. The Labute approximate surface area is 135 Å². The van der Waals surface area contributed by atoms with Gasteiger partial charge in [0, 0.05) is 31.7 Å². The van der Waals surface area contributed by atoms with Gasteiger partial charge in [-0.05, 0) is 12.5 Å². The fourth-order valence-electron chi connectivity index (χ4n) is 3.68. The van der Waals surface area contributed by atoms with Crippen LogP contribution in [-0.2, 0) is 14.3 Å². The lowest BCUT2D eigenvalue weighted by atomic mass is 9.84. The summed E-state index contributed by atoms with van der Waals surface area (Å²) in [5.74, 6) is 0.908. The molecule has 3 saturated heterocycles. The minimum Gasteiger partial charge on any atom is -0.474 e. The number of ether oxygens (including phenoxy) is 3. The fraction of sp³-hybridized carbons (Fsp3) is 0.647. The van der Waals surface area contributed by atoms with Gasteiger partial charge < -0.3 is 19.1 Å². The summed E-state index contributed by atoms with van der Waals surface area (Å²) in [7, 11) is 0. The second-order valence-corrected chi connectivity index (χ2v) is 6.69. The van der Waals surface area contributed by atoms with Crippen molar-refractivity contribution < 1.29 is 19.0 Å². The summed E-state index contributed by atoms with van der Waals surface area (Å²) >= 11 is 0. The molecule has 3 aliphatic rings. The van der Waals surface area contributed by atoms with Crippen LogP contribution in [0.1, 0.15) is 19.3 Å². The lowest BCUT2D eigenvalue weighted by Gasteiger charge is -2.53. The Bertz CT molecular complexity index is 553. The average molecular weight is 318 g/mol. The number of carbonyl (C=O) groups excluding carboxylic acids is 1. The molecule has 2 atom stereocenters. The van der Waals surface area contributed by atoms with Crippen molar-refractivity contribution in [1.82, 2.24) is 9.88 Å². The van der Waals surface area contributed by atoms with Crippen molar-refractivity contribution in [1.29, 1.82) is 0 Å². The normalized spacial score (nSPS) is 29.3. The average Bonchev–Trinajstić information content (AvgIpc) is 3.07. The van der Waals surface area contributed by atoms with Crippen LogP contribution in [0.5, 0.6) is 5.88 Å². The van der Waals surface area contributed by atoms with Gasteiger partial charge in [0.15, 0.2) is 0 Å². The number of rotatable bonds is 3. The molecule has 6 nitrogen and oxygen atoms in total. The van der Waals surface area contributed by atoms with Gasteiger partial charge in [-0.25, -0.2) is 4.98 Å². The van der Waals surface area contributed by atoms with Crippen LogP contribution < -0.4 is 4.74 Å². The van der Waals surface area contributed by atoms with Crippen LogP contribution in [0.3, 0.4) is 0 Å². The first-order valence-corrected chi connectivity index (χ1v) is 8.32. The monoisotopic (exact) mass is 318 g/mol. The van der Waals surface area contributed by atoms with E-state index in [1.807, 2.05) is 23.1 Å². The minimum absolute atomic E-state index is 0.0384. The van der Waals surface area contributed by atoms with Gasteiger partial charge in [0.25, 0.3) is 0 Å². The zero-order valence-corrected chi connectivity index (χ0v) is 13.1. The number of hydrogen-bond donors (Lipinski definition) is 0. The number of aromatic nitrogens is 1. The van der Waals surface area contributed by atoms with E-state index in [-0.39, 0.29) is 23.5 Å². The van der Waals surface area contributed by atoms with Gasteiger partial charge in [-0.15, -0.1) is 0 Å². The molecule has 0 bridgehead atoms. The number of likely N-dealkylation sites (tertiary alicyclic amines) is 1. The molecule has 0 unspecified atom stereocenters. The van der Waals surface area contributed by atoms with Crippen molar-refractivity contribution in [2.75, 3.05) is 32.9 Å². The summed E-state index contributed by atoms with van der Waals surface area (Å²) in [5, 5.41) is 0. The Morgan fingerprint density at radius 2 is 2.22 bits per heavy atom. The number of amides is 1. The molecule has 0 N–H and O–H groups in total. The fourth-order valence-corrected chi connectivity index (χ4v) is 3.68. The molecular weight excluding hydrogens is 296 g/mol. The van der Waals surface area contributed by atoms with Crippen molar-refractivity contribution in [2.45, 2.75) is 31.0 Å². The molecule has 124 valence electrons. The highest BCUT2D eigenvalue weighted by atomic mass is 16.5. The van der Waals surface area contributed by atoms with Crippen LogP contribution in [0.4, 0.5) is 0 Å². The molecule has 1 aromatic rings. The Balaban J connectivity index is 1.32. The summed E-state index contributed by atoms with van der Waals surface area (Å²) < 4.78 is 17.3. The summed E-state index contributed by atoms with van der Waals surface area (Å²) in [6.07, 6.45) is 4.36. The van der Waals surface area contributed by atoms with Crippen LogP contribution in [0.2, 0.25) is 0 Å². The molecule has 23 heavy (non-hydrogen) atoms. The number of carbonyl (C=O) groups is 1. The maximum absolute atomic E-state index is 12.4. The first kappa shape index (κ1) is 14.9. The van der Waals surface area contributed by atoms with E-state index in [9.17, 15) is 4.79 Å². The second-order valence-electron chi connectivity index (χ2n) is 6.69. The van der Waals surface area contributed by atoms with E-state index in [4.69, 9.17) is 14.2 Å². The molecule has 0 aromatic carbocycles. The highest BCUT2D eigenvalue weighted by Crippen LogP contribution is 2.36. The van der Waals surface area contributed by atoms with Gasteiger partial charge in [-0.2, -0.15) is 0 Å². The van der Waals surface area contributed by atoms with Gasteiger partial charge in [0.05, 0.1) is 32.2 Å². The SMILES string of the molecule is O=C([C@H]1CCOC1)N1CC2(C[C@H](Oc3ccccn3)CCO2)C1. The number of pyridine rings is 1. The number of nitrogens with zero attached hydrogens (tertiary/aromatic N) is 2. The third-order valence-corrected chi connectivity index (χ3v) is 4.92. The summed E-state index contributed by atoms with van der Waals surface area (Å²) in [4.78, 5) is 18.5. The molecule has 3 aliphatic heterocycles. The molecule has 1 aromatic heterocycles. The molecular formula is C17H22N2O4. The predicted molar refractivity (Wildman–Crippen MR) is 82.1 cm³/mol. The largest absolute Gasteiger partial charge is 0.474 e. The lowest BCUT2D eigenvalue weighted by Crippen LogP contribution is -2.68. The molecule has 4 heterocycles. The molecule has 1 amide bonds. The maximum Gasteiger partial charge on any atom is 0.228 e. The molecule has 3 fully saturated rings. The van der Waals surface area contributed by atoms with Gasteiger partial charge >= 0.3 is 0 Å². The third kappa shape index (κ3) is 3.05. The molecule has 0 radical (unpaired) electrons. The predicted octanol–water partition coefficient (Wildman–Crippen LogP) is 1.26. The van der Waals surface area contributed by atoms with Crippen LogP contribution in [0, 0.1) is 5.92 Å². The van der Waals surface area contributed by atoms with Gasteiger partial charge in [0.1, 0.15) is 11.7 Å². The quantitative estimate of drug-likeness (QED) is 0.839. The van der Waals surface area contributed by atoms with Crippen molar-refractivity contribution >= 4 is 5.91 Å². The van der Waals surface area contributed by atoms with E-state index in [1.54, 1.807) is 6.20 Å². The van der Waals surface area contributed by atoms with Crippen molar-refractivity contribution in [3.05, 3.63) is 24.4 Å². The Kier molecular flexibility index (Phi) is 3.95. The van der Waals surface area contributed by atoms with Crippen LogP contribution in [-0.4, -0.2) is 60.4 Å². The van der Waals surface area contributed by atoms with E-state index in [0.717, 1.165) is 19.3 Å². The van der Waals surface area contributed by atoms with Crippen LogP contribution in [0.25, 0.3) is 0 Å². The van der Waals surface area contributed by atoms with E-state index in [0.29, 0.717) is 38.8 Å². The molecule has 4 rings (SSSR count). The first-order valence-electron chi connectivity index (χ1n) is 8.32. The zero-order chi connectivity index (χ0) is 15.7. The second kappa shape index (κ2) is 6.09. The topological polar surface area (TPSA) is 60.9 Å². The van der Waals surface area contributed by atoms with Crippen molar-refractivity contribution in [3.8, 4) is 5.88 Å². The Hall–Kier alpha value is -1.66. The molecule has 0 saturated carbocycles. The summed E-state index contributed by atoms with van der Waals surface area (Å²) in [6, 6.07) is 5.67. The standard InChI is InChI=1S/C17H22N2O4/c20-16(13-4-7-21-10-13)19-11-17(12-19)9-14(5-8-22-17)23-15-3-1-2-6-18-15/h1-3,6,13-14H,4-5,7-12H2/t13-,14+/m0/s1. The molecule has 0 aliphatic carbocycles. The maximum atomic E-state index is 12.4. The first-order chi connectivity index (χ1) is 11.2.